The van der Waals surface area contributed by atoms with Gasteiger partial charge in [0.05, 0.1) is 32.3 Å². The Labute approximate surface area is 161 Å². The van der Waals surface area contributed by atoms with Gasteiger partial charge >= 0.3 is 0 Å². The minimum absolute atomic E-state index is 0.0282. The molecule has 1 amide bonds. The van der Waals surface area contributed by atoms with Crippen molar-refractivity contribution in [1.82, 2.24) is 10.2 Å². The summed E-state index contributed by atoms with van der Waals surface area (Å²) in [6.45, 7) is 6.70. The number of morpholine rings is 1. The summed E-state index contributed by atoms with van der Waals surface area (Å²) in [5, 5.41) is 3.22. The van der Waals surface area contributed by atoms with Gasteiger partial charge in [0.25, 0.3) is 0 Å². The number of nitrogens with one attached hydrogen (secondary N) is 1. The molecule has 2 aromatic rings. The third-order valence-corrected chi connectivity index (χ3v) is 4.68. The molecule has 1 saturated heterocycles. The highest BCUT2D eigenvalue weighted by molar-refractivity contribution is 5.79. The second-order valence-corrected chi connectivity index (χ2v) is 6.70. The maximum absolute atomic E-state index is 12.7. The van der Waals surface area contributed by atoms with Crippen molar-refractivity contribution in [3.05, 3.63) is 65.7 Å². The van der Waals surface area contributed by atoms with Gasteiger partial charge in [-0.05, 0) is 30.2 Å². The molecule has 3 rings (SSSR count). The highest BCUT2D eigenvalue weighted by Crippen LogP contribution is 2.17. The van der Waals surface area contributed by atoms with Gasteiger partial charge in [0.1, 0.15) is 5.75 Å². The Hall–Kier alpha value is -2.37. The Balaban J connectivity index is 1.62. The molecule has 1 fully saturated rings. The summed E-state index contributed by atoms with van der Waals surface area (Å²) in [5.74, 6) is 0.859. The lowest BCUT2D eigenvalue weighted by Crippen LogP contribution is -2.43. The molecule has 0 spiro atoms. The number of carbonyl (C=O) groups is 1. The van der Waals surface area contributed by atoms with Gasteiger partial charge in [0.2, 0.25) is 5.91 Å². The van der Waals surface area contributed by atoms with Crippen LogP contribution in [-0.2, 0) is 16.0 Å². The molecule has 0 radical (unpaired) electrons. The van der Waals surface area contributed by atoms with Crippen molar-refractivity contribution in [2.24, 2.45) is 0 Å². The molecule has 0 aromatic heterocycles. The molecule has 1 aliphatic heterocycles. The van der Waals surface area contributed by atoms with Crippen LogP contribution in [0.3, 0.4) is 0 Å². The summed E-state index contributed by atoms with van der Waals surface area (Å²) in [6.07, 6.45) is 0.360. The van der Waals surface area contributed by atoms with Crippen LogP contribution in [0.5, 0.6) is 5.75 Å². The standard InChI is InChI=1S/C22H28N2O3/c1-2-27-20-10-8-18(9-11-20)16-22(25)23-21(19-6-4-3-5-7-19)17-24-12-14-26-15-13-24/h3-11,21H,2,12-17H2,1H3,(H,23,25). The van der Waals surface area contributed by atoms with Gasteiger partial charge in [-0.1, -0.05) is 42.5 Å². The molecule has 1 atom stereocenters. The fourth-order valence-electron chi connectivity index (χ4n) is 3.26. The van der Waals surface area contributed by atoms with Crippen LogP contribution in [-0.4, -0.2) is 50.3 Å². The summed E-state index contributed by atoms with van der Waals surface area (Å²) in [5.41, 5.74) is 2.11. The van der Waals surface area contributed by atoms with E-state index in [1.807, 2.05) is 49.4 Å². The molecule has 144 valence electrons. The van der Waals surface area contributed by atoms with Crippen molar-refractivity contribution in [2.45, 2.75) is 19.4 Å². The second-order valence-electron chi connectivity index (χ2n) is 6.70. The third-order valence-electron chi connectivity index (χ3n) is 4.68. The average Bonchev–Trinajstić information content (AvgIpc) is 2.71. The van der Waals surface area contributed by atoms with Crippen molar-refractivity contribution in [2.75, 3.05) is 39.5 Å². The minimum atomic E-state index is -0.0282. The van der Waals surface area contributed by atoms with Crippen LogP contribution < -0.4 is 10.1 Å². The zero-order chi connectivity index (χ0) is 18.9. The molecule has 1 unspecified atom stereocenters. The fourth-order valence-corrected chi connectivity index (χ4v) is 3.26. The predicted molar refractivity (Wildman–Crippen MR) is 106 cm³/mol. The Bertz CT molecular complexity index is 697. The van der Waals surface area contributed by atoms with Crippen molar-refractivity contribution in [3.8, 4) is 5.75 Å². The molecule has 1 N–H and O–H groups in total. The lowest BCUT2D eigenvalue weighted by atomic mass is 10.0. The number of benzene rings is 2. The number of amides is 1. The number of rotatable bonds is 8. The highest BCUT2D eigenvalue weighted by atomic mass is 16.5. The van der Waals surface area contributed by atoms with Crippen molar-refractivity contribution < 1.29 is 14.3 Å². The molecule has 5 nitrogen and oxygen atoms in total. The topological polar surface area (TPSA) is 50.8 Å². The van der Waals surface area contributed by atoms with Crippen LogP contribution in [0.15, 0.2) is 54.6 Å². The highest BCUT2D eigenvalue weighted by Gasteiger charge is 2.20. The van der Waals surface area contributed by atoms with Gasteiger partial charge in [0.15, 0.2) is 0 Å². The van der Waals surface area contributed by atoms with E-state index in [0.717, 1.165) is 49.7 Å². The van der Waals surface area contributed by atoms with Gasteiger partial charge in [-0.3, -0.25) is 9.69 Å². The first-order valence-electron chi connectivity index (χ1n) is 9.60. The van der Waals surface area contributed by atoms with E-state index in [2.05, 4.69) is 22.3 Å². The third kappa shape index (κ3) is 6.08. The Morgan fingerprint density at radius 1 is 1.11 bits per heavy atom. The number of carbonyl (C=O) groups excluding carboxylic acids is 1. The average molecular weight is 368 g/mol. The smallest absolute Gasteiger partial charge is 0.224 e. The SMILES string of the molecule is CCOc1ccc(CC(=O)NC(CN2CCOCC2)c2ccccc2)cc1. The van der Waals surface area contributed by atoms with Crippen LogP contribution in [0.2, 0.25) is 0 Å². The quantitative estimate of drug-likeness (QED) is 0.778. The minimum Gasteiger partial charge on any atom is -0.494 e. The summed E-state index contributed by atoms with van der Waals surface area (Å²) in [4.78, 5) is 15.0. The molecule has 27 heavy (non-hydrogen) atoms. The lowest BCUT2D eigenvalue weighted by molar-refractivity contribution is -0.121. The largest absolute Gasteiger partial charge is 0.494 e. The molecule has 1 aliphatic rings. The first-order valence-corrected chi connectivity index (χ1v) is 9.60. The van der Waals surface area contributed by atoms with Crippen molar-refractivity contribution in [1.29, 1.82) is 0 Å². The van der Waals surface area contributed by atoms with Crippen LogP contribution in [0.1, 0.15) is 24.1 Å². The zero-order valence-electron chi connectivity index (χ0n) is 15.9. The van der Waals surface area contributed by atoms with E-state index in [1.54, 1.807) is 0 Å². The van der Waals surface area contributed by atoms with Crippen molar-refractivity contribution >= 4 is 5.91 Å². The summed E-state index contributed by atoms with van der Waals surface area (Å²) in [7, 11) is 0. The first-order chi connectivity index (χ1) is 13.2. The Morgan fingerprint density at radius 2 is 1.81 bits per heavy atom. The van der Waals surface area contributed by atoms with Gasteiger partial charge in [0, 0.05) is 19.6 Å². The van der Waals surface area contributed by atoms with Crippen LogP contribution in [0.4, 0.5) is 0 Å². The molecular weight excluding hydrogens is 340 g/mol. The molecular formula is C22H28N2O3. The number of hydrogen-bond donors (Lipinski definition) is 1. The lowest BCUT2D eigenvalue weighted by Gasteiger charge is -2.31. The Kier molecular flexibility index (Phi) is 7.25. The number of nitrogens with zero attached hydrogens (tertiary/aromatic N) is 1. The Morgan fingerprint density at radius 3 is 2.48 bits per heavy atom. The maximum Gasteiger partial charge on any atom is 0.224 e. The van der Waals surface area contributed by atoms with Crippen LogP contribution in [0.25, 0.3) is 0 Å². The van der Waals surface area contributed by atoms with E-state index in [-0.39, 0.29) is 11.9 Å². The van der Waals surface area contributed by atoms with Gasteiger partial charge in [-0.15, -0.1) is 0 Å². The van der Waals surface area contributed by atoms with E-state index in [9.17, 15) is 4.79 Å². The van der Waals surface area contributed by atoms with E-state index in [0.29, 0.717) is 13.0 Å². The molecule has 0 saturated carbocycles. The summed E-state index contributed by atoms with van der Waals surface area (Å²) in [6, 6.07) is 17.9. The second kappa shape index (κ2) is 10.1. The van der Waals surface area contributed by atoms with E-state index >= 15 is 0 Å². The van der Waals surface area contributed by atoms with Gasteiger partial charge in [-0.2, -0.15) is 0 Å². The van der Waals surface area contributed by atoms with Crippen LogP contribution >= 0.6 is 0 Å². The molecule has 1 heterocycles. The van der Waals surface area contributed by atoms with E-state index < -0.39 is 0 Å². The monoisotopic (exact) mass is 368 g/mol. The normalized spacial score (nSPS) is 15.9. The van der Waals surface area contributed by atoms with Crippen LogP contribution in [0, 0.1) is 0 Å². The molecule has 0 aliphatic carbocycles. The molecule has 5 heteroatoms. The maximum atomic E-state index is 12.7. The van der Waals surface area contributed by atoms with Crippen molar-refractivity contribution in [3.63, 3.8) is 0 Å². The summed E-state index contributed by atoms with van der Waals surface area (Å²) >= 11 is 0. The number of ether oxygens (including phenoxy) is 2. The first kappa shape index (κ1) is 19.4. The van der Waals surface area contributed by atoms with E-state index in [1.165, 1.54) is 0 Å². The molecule has 0 bridgehead atoms. The molecule has 2 aromatic carbocycles. The number of hydrogen-bond acceptors (Lipinski definition) is 4. The van der Waals surface area contributed by atoms with E-state index in [4.69, 9.17) is 9.47 Å². The fraction of sp³-hybridized carbons (Fsp3) is 0.409. The predicted octanol–water partition coefficient (Wildman–Crippen LogP) is 2.82. The van der Waals surface area contributed by atoms with Gasteiger partial charge in [-0.25, -0.2) is 0 Å². The zero-order valence-corrected chi connectivity index (χ0v) is 15.9. The van der Waals surface area contributed by atoms with Gasteiger partial charge < -0.3 is 14.8 Å². The summed E-state index contributed by atoms with van der Waals surface area (Å²) < 4.78 is 10.9.